The topological polar surface area (TPSA) is 145 Å². The van der Waals surface area contributed by atoms with Crippen LogP contribution in [0.3, 0.4) is 0 Å². The van der Waals surface area contributed by atoms with Gasteiger partial charge in [-0.2, -0.15) is 12.7 Å². The lowest BCUT2D eigenvalue weighted by molar-refractivity contribution is 0.370. The Morgan fingerprint density at radius 1 is 1.65 bits per heavy atom. The van der Waals surface area contributed by atoms with Crippen LogP contribution < -0.4 is 10.5 Å². The van der Waals surface area contributed by atoms with Crippen molar-refractivity contribution in [3.8, 4) is 0 Å². The van der Waals surface area contributed by atoms with E-state index in [1.54, 1.807) is 6.08 Å². The van der Waals surface area contributed by atoms with Crippen LogP contribution in [-0.4, -0.2) is 58.5 Å². The van der Waals surface area contributed by atoms with E-state index in [0.29, 0.717) is 12.8 Å². The van der Waals surface area contributed by atoms with Crippen molar-refractivity contribution in [1.82, 2.24) is 14.3 Å². The maximum atomic E-state index is 12.4. The lowest BCUT2D eigenvalue weighted by Crippen LogP contribution is -2.46. The molecule has 1 saturated heterocycles. The maximum Gasteiger partial charge on any atom is 0.451 e. The van der Waals surface area contributed by atoms with Crippen molar-refractivity contribution in [2.75, 3.05) is 17.8 Å². The molecule has 9 nitrogen and oxygen atoms in total. The van der Waals surface area contributed by atoms with Gasteiger partial charge in [-0.1, -0.05) is 12.5 Å². The molecule has 0 amide bonds. The summed E-state index contributed by atoms with van der Waals surface area (Å²) < 4.78 is 28.5. The highest BCUT2D eigenvalue weighted by molar-refractivity contribution is 7.90. The number of H-pyrrole nitrogens is 1. The molecule has 11 heteroatoms. The molecule has 0 unspecified atom stereocenters. The molecule has 2 rings (SSSR count). The van der Waals surface area contributed by atoms with E-state index in [9.17, 15) is 8.42 Å². The second kappa shape index (κ2) is 7.01. The Morgan fingerprint density at radius 3 is 2.96 bits per heavy atom. The van der Waals surface area contributed by atoms with Gasteiger partial charge in [0.1, 0.15) is 5.82 Å². The summed E-state index contributed by atoms with van der Waals surface area (Å²) in [5, 5.41) is 17.8. The predicted octanol–water partition coefficient (Wildman–Crippen LogP) is -0.865. The molecule has 1 aliphatic rings. The highest BCUT2D eigenvalue weighted by Crippen LogP contribution is 2.32. The van der Waals surface area contributed by atoms with E-state index >= 15 is 0 Å². The van der Waals surface area contributed by atoms with E-state index in [0.717, 1.165) is 0 Å². The Kier molecular flexibility index (Phi) is 5.47. The maximum absolute atomic E-state index is 12.4. The second-order valence-corrected chi connectivity index (χ2v) is 7.46. The minimum absolute atomic E-state index is 0.117. The molecule has 2 atom stereocenters. The Balaban J connectivity index is 2.05. The van der Waals surface area contributed by atoms with Crippen LogP contribution in [0.15, 0.2) is 25.2 Å². The zero-order chi connectivity index (χ0) is 17.1. The highest BCUT2D eigenvalue weighted by atomic mass is 32.2. The third-order valence-corrected chi connectivity index (χ3v) is 5.54. The normalized spacial score (nSPS) is 25.4. The SMILES string of the molecule is C=C[C@]1(N)CN(S(=O)(=O)Nc2cnc[nH]2)C[C@@H]1CCCB(O)O. The van der Waals surface area contributed by atoms with Gasteiger partial charge in [0.25, 0.3) is 0 Å². The molecule has 0 spiro atoms. The molecular formula is C12H22BN5O4S. The molecule has 2 heterocycles. The van der Waals surface area contributed by atoms with Crippen LogP contribution in [0.25, 0.3) is 0 Å². The molecule has 128 valence electrons. The number of nitrogens with one attached hydrogen (secondary N) is 2. The van der Waals surface area contributed by atoms with Crippen LogP contribution in [-0.2, 0) is 10.2 Å². The smallest absolute Gasteiger partial charge is 0.427 e. The number of nitrogens with two attached hydrogens (primary N) is 1. The number of hydrogen-bond donors (Lipinski definition) is 5. The standard InChI is InChI=1S/C12H22BN5O4S/c1-2-12(14)8-18(7-10(12)4-3-5-13(19)20)23(21,22)17-11-6-15-9-16-11/h2,6,9-10,17,19-20H,1,3-5,7-8,14H2,(H,15,16)/t10-,12-/m0/s1. The van der Waals surface area contributed by atoms with Gasteiger partial charge in [0.05, 0.1) is 18.1 Å². The van der Waals surface area contributed by atoms with Crippen LogP contribution in [0.5, 0.6) is 0 Å². The third kappa shape index (κ3) is 4.33. The molecule has 1 aliphatic heterocycles. The van der Waals surface area contributed by atoms with Gasteiger partial charge < -0.3 is 20.8 Å². The summed E-state index contributed by atoms with van der Waals surface area (Å²) in [7, 11) is -5.12. The first-order valence-electron chi connectivity index (χ1n) is 7.32. The van der Waals surface area contributed by atoms with Gasteiger partial charge in [0.15, 0.2) is 0 Å². The molecule has 0 saturated carbocycles. The molecular weight excluding hydrogens is 321 g/mol. The van der Waals surface area contributed by atoms with E-state index in [2.05, 4.69) is 21.3 Å². The summed E-state index contributed by atoms with van der Waals surface area (Å²) in [5.41, 5.74) is 5.44. The average Bonchev–Trinajstić information content (AvgIpc) is 3.07. The number of hydrogen-bond acceptors (Lipinski definition) is 6. The van der Waals surface area contributed by atoms with Crippen molar-refractivity contribution in [2.45, 2.75) is 24.7 Å². The Morgan fingerprint density at radius 2 is 2.39 bits per heavy atom. The number of aromatic nitrogens is 2. The average molecular weight is 343 g/mol. The summed E-state index contributed by atoms with van der Waals surface area (Å²) in [4.78, 5) is 6.43. The van der Waals surface area contributed by atoms with Crippen molar-refractivity contribution < 1.29 is 18.5 Å². The largest absolute Gasteiger partial charge is 0.451 e. The molecule has 0 radical (unpaired) electrons. The zero-order valence-electron chi connectivity index (χ0n) is 12.7. The summed E-state index contributed by atoms with van der Waals surface area (Å²) in [6.07, 6.45) is 5.66. The minimum Gasteiger partial charge on any atom is -0.427 e. The van der Waals surface area contributed by atoms with Crippen molar-refractivity contribution in [3.63, 3.8) is 0 Å². The van der Waals surface area contributed by atoms with Crippen molar-refractivity contribution in [3.05, 3.63) is 25.2 Å². The summed E-state index contributed by atoms with van der Waals surface area (Å²) >= 11 is 0. The van der Waals surface area contributed by atoms with E-state index in [1.807, 2.05) is 0 Å². The van der Waals surface area contributed by atoms with Crippen LogP contribution in [0, 0.1) is 5.92 Å². The Labute approximate surface area is 135 Å². The fourth-order valence-electron chi connectivity index (χ4n) is 2.75. The Bertz CT molecular complexity index is 623. The van der Waals surface area contributed by atoms with Crippen LogP contribution in [0.2, 0.25) is 6.32 Å². The number of aromatic amines is 1. The summed E-state index contributed by atoms with van der Waals surface area (Å²) in [6.45, 7) is 4.08. The number of imidazole rings is 1. The Hall–Kier alpha value is -1.40. The highest BCUT2D eigenvalue weighted by Gasteiger charge is 2.45. The number of rotatable bonds is 8. The fourth-order valence-corrected chi connectivity index (χ4v) is 4.04. The van der Waals surface area contributed by atoms with E-state index in [-0.39, 0.29) is 31.1 Å². The zero-order valence-corrected chi connectivity index (χ0v) is 13.5. The lowest BCUT2D eigenvalue weighted by atomic mass is 9.78. The molecule has 1 fully saturated rings. The van der Waals surface area contributed by atoms with Gasteiger partial charge in [0.2, 0.25) is 0 Å². The first-order valence-corrected chi connectivity index (χ1v) is 8.76. The van der Waals surface area contributed by atoms with Crippen LogP contribution in [0.4, 0.5) is 5.82 Å². The van der Waals surface area contributed by atoms with Gasteiger partial charge in [-0.15, -0.1) is 6.58 Å². The van der Waals surface area contributed by atoms with Crippen LogP contribution >= 0.6 is 0 Å². The van der Waals surface area contributed by atoms with Crippen LogP contribution in [0.1, 0.15) is 12.8 Å². The number of nitrogens with zero attached hydrogens (tertiary/aromatic N) is 2. The minimum atomic E-state index is -3.75. The van der Waals surface area contributed by atoms with E-state index < -0.39 is 22.9 Å². The second-order valence-electron chi connectivity index (χ2n) is 5.79. The van der Waals surface area contributed by atoms with E-state index in [4.69, 9.17) is 15.8 Å². The lowest BCUT2D eigenvalue weighted by Gasteiger charge is -2.26. The number of anilines is 1. The van der Waals surface area contributed by atoms with Crippen molar-refractivity contribution in [2.24, 2.45) is 11.7 Å². The predicted molar refractivity (Wildman–Crippen MR) is 87.5 cm³/mol. The van der Waals surface area contributed by atoms with E-state index in [1.165, 1.54) is 16.8 Å². The molecule has 0 aliphatic carbocycles. The van der Waals surface area contributed by atoms with Crippen molar-refractivity contribution in [1.29, 1.82) is 0 Å². The first-order chi connectivity index (χ1) is 10.8. The molecule has 0 aromatic carbocycles. The van der Waals surface area contributed by atoms with Crippen molar-refractivity contribution >= 4 is 23.1 Å². The van der Waals surface area contributed by atoms with Gasteiger partial charge in [-0.05, 0) is 18.7 Å². The third-order valence-electron chi connectivity index (χ3n) is 4.11. The quantitative estimate of drug-likeness (QED) is 0.307. The summed E-state index contributed by atoms with van der Waals surface area (Å²) in [6, 6.07) is 0. The molecule has 1 aromatic rings. The summed E-state index contributed by atoms with van der Waals surface area (Å²) in [5.74, 6) is 0.134. The first kappa shape index (κ1) is 18.0. The van der Waals surface area contributed by atoms with Gasteiger partial charge in [-0.25, -0.2) is 4.98 Å². The van der Waals surface area contributed by atoms with Gasteiger partial charge >= 0.3 is 17.3 Å². The molecule has 1 aromatic heterocycles. The van der Waals surface area contributed by atoms with Gasteiger partial charge in [-0.3, -0.25) is 4.72 Å². The fraction of sp³-hybridized carbons (Fsp3) is 0.583. The molecule has 0 bridgehead atoms. The monoisotopic (exact) mass is 343 g/mol. The molecule has 6 N–H and O–H groups in total. The molecule has 23 heavy (non-hydrogen) atoms. The van der Waals surface area contributed by atoms with Gasteiger partial charge in [0, 0.05) is 13.1 Å².